The van der Waals surface area contributed by atoms with Gasteiger partial charge in [-0.05, 0) is 64.3 Å². The van der Waals surface area contributed by atoms with Gasteiger partial charge in [0.1, 0.15) is 12.4 Å². The van der Waals surface area contributed by atoms with E-state index in [1.54, 1.807) is 30.3 Å². The van der Waals surface area contributed by atoms with Crippen molar-refractivity contribution in [3.05, 3.63) is 79.4 Å². The first-order valence-corrected chi connectivity index (χ1v) is 9.22. The number of aromatic nitrogens is 1. The highest BCUT2D eigenvalue weighted by Gasteiger charge is 2.22. The highest BCUT2D eigenvalue weighted by atomic mass is 79.9. The van der Waals surface area contributed by atoms with Gasteiger partial charge in [-0.2, -0.15) is 0 Å². The van der Waals surface area contributed by atoms with E-state index in [4.69, 9.17) is 14.0 Å². The van der Waals surface area contributed by atoms with Gasteiger partial charge in [-0.3, -0.25) is 10.1 Å². The summed E-state index contributed by atoms with van der Waals surface area (Å²) in [4.78, 5) is 10.6. The minimum Gasteiger partial charge on any atom is -0.493 e. The van der Waals surface area contributed by atoms with Crippen LogP contribution in [-0.2, 0) is 6.61 Å². The molecule has 7 nitrogen and oxygen atoms in total. The zero-order valence-corrected chi connectivity index (χ0v) is 17.1. The summed E-state index contributed by atoms with van der Waals surface area (Å²) in [5.74, 6) is 0.685. The number of benzene rings is 2. The topological polar surface area (TPSA) is 87.6 Å². The van der Waals surface area contributed by atoms with Gasteiger partial charge in [-0.15, -0.1) is 0 Å². The van der Waals surface area contributed by atoms with Gasteiger partial charge >= 0.3 is 5.69 Å². The molecule has 0 amide bonds. The molecule has 1 aromatic heterocycles. The van der Waals surface area contributed by atoms with E-state index < -0.39 is 4.92 Å². The van der Waals surface area contributed by atoms with Gasteiger partial charge in [0, 0.05) is 0 Å². The molecule has 0 fully saturated rings. The summed E-state index contributed by atoms with van der Waals surface area (Å²) < 4.78 is 29.9. The molecule has 3 aromatic rings. The van der Waals surface area contributed by atoms with E-state index in [1.807, 2.05) is 0 Å². The van der Waals surface area contributed by atoms with Crippen molar-refractivity contribution in [2.24, 2.45) is 0 Å². The van der Waals surface area contributed by atoms with E-state index in [1.165, 1.54) is 32.2 Å². The van der Waals surface area contributed by atoms with E-state index >= 15 is 0 Å². The van der Waals surface area contributed by atoms with E-state index in [0.717, 1.165) is 5.56 Å². The summed E-state index contributed by atoms with van der Waals surface area (Å²) in [6.07, 6.45) is 3.11. The monoisotopic (exact) mass is 462 g/mol. The predicted molar refractivity (Wildman–Crippen MR) is 108 cm³/mol. The van der Waals surface area contributed by atoms with Crippen molar-refractivity contribution in [2.45, 2.75) is 13.5 Å². The SMILES string of the molecule is COc1cc(/C=C\c2onc(C)c2[N+](=O)[O-])cc(Br)c1OCc1ccc(F)cc1. The van der Waals surface area contributed by atoms with Crippen LogP contribution < -0.4 is 9.47 Å². The summed E-state index contributed by atoms with van der Waals surface area (Å²) >= 11 is 3.45. The maximum Gasteiger partial charge on any atom is 0.338 e. The molecule has 2 aromatic carbocycles. The highest BCUT2D eigenvalue weighted by molar-refractivity contribution is 9.10. The molecule has 0 bridgehead atoms. The van der Waals surface area contributed by atoms with Crippen molar-refractivity contribution in [3.8, 4) is 11.5 Å². The molecule has 0 saturated heterocycles. The van der Waals surface area contributed by atoms with Crippen LogP contribution in [0.15, 0.2) is 45.4 Å². The lowest BCUT2D eigenvalue weighted by molar-refractivity contribution is -0.386. The van der Waals surface area contributed by atoms with Crippen LogP contribution in [0.4, 0.5) is 10.1 Å². The Hall–Kier alpha value is -3.20. The van der Waals surface area contributed by atoms with Gasteiger partial charge in [0.25, 0.3) is 0 Å². The number of halogens is 2. The van der Waals surface area contributed by atoms with Crippen LogP contribution in [0.5, 0.6) is 11.5 Å². The van der Waals surface area contributed by atoms with Crippen molar-refractivity contribution >= 4 is 33.8 Å². The summed E-state index contributed by atoms with van der Waals surface area (Å²) in [7, 11) is 1.50. The summed E-state index contributed by atoms with van der Waals surface area (Å²) in [5, 5.41) is 14.8. The summed E-state index contributed by atoms with van der Waals surface area (Å²) in [5.41, 5.74) is 1.54. The number of hydrogen-bond acceptors (Lipinski definition) is 6. The van der Waals surface area contributed by atoms with E-state index in [9.17, 15) is 14.5 Å². The lowest BCUT2D eigenvalue weighted by Gasteiger charge is -2.13. The number of nitro groups is 1. The lowest BCUT2D eigenvalue weighted by atomic mass is 10.1. The second-order valence-corrected chi connectivity index (χ2v) is 6.87. The van der Waals surface area contributed by atoms with Crippen molar-refractivity contribution in [1.82, 2.24) is 5.16 Å². The predicted octanol–water partition coefficient (Wildman–Crippen LogP) is 5.55. The minimum atomic E-state index is -0.533. The number of hydrogen-bond donors (Lipinski definition) is 0. The molecule has 0 aliphatic rings. The van der Waals surface area contributed by atoms with Crippen LogP contribution in [0.3, 0.4) is 0 Å². The maximum absolute atomic E-state index is 13.0. The molecular formula is C20H16BrFN2O5. The summed E-state index contributed by atoms with van der Waals surface area (Å²) in [6, 6.07) is 9.50. The summed E-state index contributed by atoms with van der Waals surface area (Å²) in [6.45, 7) is 1.74. The van der Waals surface area contributed by atoms with E-state index in [2.05, 4.69) is 21.1 Å². The fraction of sp³-hybridized carbons (Fsp3) is 0.150. The maximum atomic E-state index is 13.0. The first kappa shape index (κ1) is 20.5. The fourth-order valence-electron chi connectivity index (χ4n) is 2.60. The van der Waals surface area contributed by atoms with Crippen LogP contribution in [0.1, 0.15) is 22.6 Å². The Bertz CT molecular complexity index is 1060. The van der Waals surface area contributed by atoms with E-state index in [-0.39, 0.29) is 29.6 Å². The molecule has 0 unspecified atom stereocenters. The van der Waals surface area contributed by atoms with E-state index in [0.29, 0.717) is 21.5 Å². The second-order valence-electron chi connectivity index (χ2n) is 6.02. The largest absolute Gasteiger partial charge is 0.493 e. The Morgan fingerprint density at radius 2 is 2.00 bits per heavy atom. The molecule has 1 heterocycles. The van der Waals surface area contributed by atoms with Gasteiger partial charge in [-0.25, -0.2) is 4.39 Å². The molecule has 0 atom stereocenters. The minimum absolute atomic E-state index is 0.0548. The third-order valence-corrected chi connectivity index (χ3v) is 4.60. The quantitative estimate of drug-likeness (QED) is 0.337. The molecule has 0 N–H and O–H groups in total. The molecule has 29 heavy (non-hydrogen) atoms. The average molecular weight is 463 g/mol. The van der Waals surface area contributed by atoms with Crippen molar-refractivity contribution < 1.29 is 23.3 Å². The highest BCUT2D eigenvalue weighted by Crippen LogP contribution is 2.38. The van der Waals surface area contributed by atoms with Crippen LogP contribution in [0.25, 0.3) is 12.2 Å². The van der Waals surface area contributed by atoms with Crippen molar-refractivity contribution in [2.75, 3.05) is 7.11 Å². The van der Waals surface area contributed by atoms with Gasteiger partial charge in [0.15, 0.2) is 17.2 Å². The molecule has 0 aliphatic heterocycles. The van der Waals surface area contributed by atoms with Crippen LogP contribution in [0.2, 0.25) is 0 Å². The van der Waals surface area contributed by atoms with Crippen molar-refractivity contribution in [1.29, 1.82) is 0 Å². The average Bonchev–Trinajstić information content (AvgIpc) is 3.07. The molecular weight excluding hydrogens is 447 g/mol. The van der Waals surface area contributed by atoms with Gasteiger partial charge in [-0.1, -0.05) is 23.4 Å². The molecule has 0 radical (unpaired) electrons. The lowest BCUT2D eigenvalue weighted by Crippen LogP contribution is -1.99. The third-order valence-electron chi connectivity index (χ3n) is 4.01. The number of nitrogens with zero attached hydrogens (tertiary/aromatic N) is 2. The molecule has 0 spiro atoms. The van der Waals surface area contributed by atoms with Gasteiger partial charge < -0.3 is 14.0 Å². The standard InChI is InChI=1S/C20H16BrFN2O5/c1-12-19(24(25)26)17(29-23-12)8-5-14-9-16(21)20(18(10-14)27-2)28-11-13-3-6-15(22)7-4-13/h3-10H,11H2,1-2H3/b8-5-. The van der Waals surface area contributed by atoms with Gasteiger partial charge in [0.05, 0.1) is 16.5 Å². The Morgan fingerprint density at radius 3 is 2.66 bits per heavy atom. The number of aryl methyl sites for hydroxylation is 1. The number of rotatable bonds is 7. The normalized spacial score (nSPS) is 11.0. The smallest absolute Gasteiger partial charge is 0.338 e. The van der Waals surface area contributed by atoms with Gasteiger partial charge in [0.2, 0.25) is 5.76 Å². The van der Waals surface area contributed by atoms with Crippen LogP contribution in [-0.4, -0.2) is 17.2 Å². The molecule has 0 saturated carbocycles. The zero-order valence-electron chi connectivity index (χ0n) is 15.5. The molecule has 0 aliphatic carbocycles. The molecule has 9 heteroatoms. The Morgan fingerprint density at radius 1 is 1.28 bits per heavy atom. The zero-order chi connectivity index (χ0) is 21.0. The third kappa shape index (κ3) is 4.80. The molecule has 3 rings (SSSR count). The van der Waals surface area contributed by atoms with Crippen LogP contribution in [0, 0.1) is 22.9 Å². The van der Waals surface area contributed by atoms with Crippen molar-refractivity contribution in [3.63, 3.8) is 0 Å². The fourth-order valence-corrected chi connectivity index (χ4v) is 3.17. The Balaban J connectivity index is 1.82. The first-order valence-electron chi connectivity index (χ1n) is 8.42. The van der Waals surface area contributed by atoms with Crippen LogP contribution >= 0.6 is 15.9 Å². The Kier molecular flexibility index (Phi) is 6.28. The number of ether oxygens (including phenoxy) is 2. The molecule has 150 valence electrons. The number of methoxy groups -OCH3 is 1. The first-order chi connectivity index (χ1) is 13.9. The Labute approximate surface area is 174 Å². The second kappa shape index (κ2) is 8.87.